The van der Waals surface area contributed by atoms with Gasteiger partial charge in [-0.1, -0.05) is 0 Å². The molecule has 2 atom stereocenters. The van der Waals surface area contributed by atoms with Gasteiger partial charge in [-0.2, -0.15) is 11.8 Å². The lowest BCUT2D eigenvalue weighted by Gasteiger charge is -2.36. The van der Waals surface area contributed by atoms with E-state index >= 15 is 0 Å². The summed E-state index contributed by atoms with van der Waals surface area (Å²) in [7, 11) is 0. The molecule has 0 saturated carbocycles. The van der Waals surface area contributed by atoms with E-state index < -0.39 is 0 Å². The molecule has 3 fully saturated rings. The van der Waals surface area contributed by atoms with Crippen molar-refractivity contribution in [3.8, 4) is 0 Å². The molecule has 0 aromatic carbocycles. The molecule has 0 aliphatic carbocycles. The first-order valence-electron chi connectivity index (χ1n) is 9.11. The average molecular weight is 376 g/mol. The van der Waals surface area contributed by atoms with Gasteiger partial charge in [-0.05, 0) is 62.5 Å². The van der Waals surface area contributed by atoms with Gasteiger partial charge in [0.15, 0.2) is 0 Å². The van der Waals surface area contributed by atoms with E-state index in [0.717, 1.165) is 69.7 Å². The molecule has 3 aliphatic heterocycles. The van der Waals surface area contributed by atoms with Crippen molar-refractivity contribution in [2.45, 2.75) is 44.6 Å². The topological polar surface area (TPSA) is 61.4 Å². The zero-order valence-electron chi connectivity index (χ0n) is 14.3. The van der Waals surface area contributed by atoms with E-state index in [0.29, 0.717) is 18.4 Å². The van der Waals surface area contributed by atoms with Crippen molar-refractivity contribution in [2.24, 2.45) is 11.8 Å². The number of hydrogen-bond donors (Lipinski definition) is 2. The molecule has 0 bridgehead atoms. The number of likely N-dealkylation sites (tertiary alicyclic amines) is 1. The van der Waals surface area contributed by atoms with Crippen LogP contribution in [-0.2, 0) is 9.59 Å². The number of rotatable bonds is 4. The molecule has 0 aromatic heterocycles. The van der Waals surface area contributed by atoms with Crippen molar-refractivity contribution in [3.63, 3.8) is 0 Å². The van der Waals surface area contributed by atoms with E-state index in [1.807, 2.05) is 11.8 Å². The number of halogens is 1. The van der Waals surface area contributed by atoms with Gasteiger partial charge in [0.1, 0.15) is 0 Å². The Morgan fingerprint density at radius 3 is 2.62 bits per heavy atom. The Hall–Kier alpha value is -0.460. The summed E-state index contributed by atoms with van der Waals surface area (Å²) in [5.74, 6) is 3.40. The Morgan fingerprint density at radius 2 is 1.92 bits per heavy atom. The summed E-state index contributed by atoms with van der Waals surface area (Å²) in [5.41, 5.74) is 0. The number of amides is 2. The zero-order chi connectivity index (χ0) is 16.1. The highest BCUT2D eigenvalue weighted by molar-refractivity contribution is 7.99. The number of thioether (sulfide) groups is 1. The maximum Gasteiger partial charge on any atom is 0.237 e. The molecule has 0 spiro atoms. The molecule has 7 heteroatoms. The molecule has 2 unspecified atom stereocenters. The first-order chi connectivity index (χ1) is 11.2. The Kier molecular flexibility index (Phi) is 8.17. The zero-order valence-corrected chi connectivity index (χ0v) is 15.9. The van der Waals surface area contributed by atoms with Gasteiger partial charge in [-0.15, -0.1) is 12.4 Å². The lowest BCUT2D eigenvalue weighted by molar-refractivity contribution is -0.137. The number of piperidine rings is 1. The number of carbonyl (C=O) groups is 2. The molecule has 3 heterocycles. The Bertz CT molecular complexity index is 426. The molecule has 0 radical (unpaired) electrons. The summed E-state index contributed by atoms with van der Waals surface area (Å²) in [6, 6.07) is -0.00364. The maximum atomic E-state index is 12.7. The third-order valence-electron chi connectivity index (χ3n) is 5.34. The van der Waals surface area contributed by atoms with Crippen molar-refractivity contribution in [3.05, 3.63) is 0 Å². The van der Waals surface area contributed by atoms with E-state index in [1.54, 1.807) is 0 Å². The van der Waals surface area contributed by atoms with Crippen LogP contribution in [0.3, 0.4) is 0 Å². The minimum atomic E-state index is -0.00364. The lowest BCUT2D eigenvalue weighted by Crippen LogP contribution is -2.48. The van der Waals surface area contributed by atoms with Crippen LogP contribution in [0.1, 0.15) is 38.5 Å². The molecule has 0 aromatic rings. The second-order valence-electron chi connectivity index (χ2n) is 7.07. The van der Waals surface area contributed by atoms with Crippen LogP contribution < -0.4 is 10.6 Å². The number of nitrogens with one attached hydrogen (secondary N) is 2. The van der Waals surface area contributed by atoms with Crippen LogP contribution in [0.4, 0.5) is 0 Å². The summed E-state index contributed by atoms with van der Waals surface area (Å²) in [6.45, 7) is 3.38. The van der Waals surface area contributed by atoms with Crippen LogP contribution in [0.2, 0.25) is 0 Å². The Morgan fingerprint density at radius 1 is 1.12 bits per heavy atom. The lowest BCUT2D eigenvalue weighted by atomic mass is 9.94. The fourth-order valence-electron chi connectivity index (χ4n) is 3.91. The molecule has 138 valence electrons. The minimum Gasteiger partial charge on any atom is -0.354 e. The molecule has 3 rings (SSSR count). The molecule has 2 N–H and O–H groups in total. The van der Waals surface area contributed by atoms with Gasteiger partial charge >= 0.3 is 0 Å². The predicted molar refractivity (Wildman–Crippen MR) is 101 cm³/mol. The SMILES string of the molecule is Cl.O=C(NCC1CCCN(C(=O)C2CCSCC2)C1)C1CCCN1. The first kappa shape index (κ1) is 19.9. The number of nitrogens with zero attached hydrogens (tertiary/aromatic N) is 1. The van der Waals surface area contributed by atoms with Gasteiger partial charge in [0.25, 0.3) is 0 Å². The van der Waals surface area contributed by atoms with Gasteiger partial charge in [-0.3, -0.25) is 9.59 Å². The quantitative estimate of drug-likeness (QED) is 0.784. The van der Waals surface area contributed by atoms with Crippen molar-refractivity contribution in [1.29, 1.82) is 0 Å². The van der Waals surface area contributed by atoms with E-state index in [2.05, 4.69) is 15.5 Å². The summed E-state index contributed by atoms with van der Waals surface area (Å²) >= 11 is 1.96. The second kappa shape index (κ2) is 9.88. The van der Waals surface area contributed by atoms with Crippen LogP contribution in [0.25, 0.3) is 0 Å². The van der Waals surface area contributed by atoms with Crippen molar-refractivity contribution in [1.82, 2.24) is 15.5 Å². The maximum absolute atomic E-state index is 12.7. The Balaban J connectivity index is 0.00000208. The van der Waals surface area contributed by atoms with Crippen LogP contribution >= 0.6 is 24.2 Å². The highest BCUT2D eigenvalue weighted by Gasteiger charge is 2.30. The summed E-state index contributed by atoms with van der Waals surface area (Å²) in [6.07, 6.45) is 6.28. The largest absolute Gasteiger partial charge is 0.354 e. The van der Waals surface area contributed by atoms with E-state index in [-0.39, 0.29) is 30.3 Å². The standard InChI is InChI=1S/C17H29N3O2S.ClH/c21-16(15-4-1-7-18-15)19-11-13-3-2-8-20(12-13)17(22)14-5-9-23-10-6-14;/h13-15,18H,1-12H2,(H,19,21);1H. The fraction of sp³-hybridized carbons (Fsp3) is 0.882. The van der Waals surface area contributed by atoms with E-state index in [1.165, 1.54) is 0 Å². The minimum absolute atomic E-state index is 0. The van der Waals surface area contributed by atoms with Gasteiger partial charge < -0.3 is 15.5 Å². The van der Waals surface area contributed by atoms with Gasteiger partial charge in [-0.25, -0.2) is 0 Å². The molecule has 24 heavy (non-hydrogen) atoms. The van der Waals surface area contributed by atoms with E-state index in [9.17, 15) is 9.59 Å². The molecular weight excluding hydrogens is 346 g/mol. The van der Waals surface area contributed by atoms with Crippen LogP contribution in [0, 0.1) is 11.8 Å². The average Bonchev–Trinajstić information content (AvgIpc) is 3.15. The summed E-state index contributed by atoms with van der Waals surface area (Å²) < 4.78 is 0. The van der Waals surface area contributed by atoms with Crippen LogP contribution in [0.15, 0.2) is 0 Å². The number of carbonyl (C=O) groups excluding carboxylic acids is 2. The second-order valence-corrected chi connectivity index (χ2v) is 8.30. The third-order valence-corrected chi connectivity index (χ3v) is 6.39. The molecule has 3 saturated heterocycles. The predicted octanol–water partition coefficient (Wildman–Crippen LogP) is 1.66. The molecule has 2 amide bonds. The fourth-order valence-corrected chi connectivity index (χ4v) is 5.02. The summed E-state index contributed by atoms with van der Waals surface area (Å²) in [4.78, 5) is 26.8. The normalized spacial score (nSPS) is 28.2. The van der Waals surface area contributed by atoms with Gasteiger partial charge in [0, 0.05) is 25.6 Å². The number of hydrogen-bond acceptors (Lipinski definition) is 4. The van der Waals surface area contributed by atoms with Crippen LogP contribution in [0.5, 0.6) is 0 Å². The van der Waals surface area contributed by atoms with Crippen molar-refractivity contribution >= 4 is 36.0 Å². The molecular formula is C17H30ClN3O2S. The monoisotopic (exact) mass is 375 g/mol. The first-order valence-corrected chi connectivity index (χ1v) is 10.3. The molecule has 3 aliphatic rings. The smallest absolute Gasteiger partial charge is 0.237 e. The van der Waals surface area contributed by atoms with Crippen LogP contribution in [-0.4, -0.2) is 60.4 Å². The summed E-state index contributed by atoms with van der Waals surface area (Å²) in [5, 5.41) is 6.33. The van der Waals surface area contributed by atoms with Crippen molar-refractivity contribution < 1.29 is 9.59 Å². The molecule has 5 nitrogen and oxygen atoms in total. The Labute approximate surface area is 155 Å². The van der Waals surface area contributed by atoms with Crippen molar-refractivity contribution in [2.75, 3.05) is 37.7 Å². The van der Waals surface area contributed by atoms with Gasteiger partial charge in [0.05, 0.1) is 6.04 Å². The van der Waals surface area contributed by atoms with E-state index in [4.69, 9.17) is 0 Å². The highest BCUT2D eigenvalue weighted by atomic mass is 35.5. The van der Waals surface area contributed by atoms with Gasteiger partial charge in [0.2, 0.25) is 11.8 Å². The third kappa shape index (κ3) is 5.27. The highest BCUT2D eigenvalue weighted by Crippen LogP contribution is 2.26.